The first-order chi connectivity index (χ1) is 9.04. The van der Waals surface area contributed by atoms with E-state index in [2.05, 4.69) is 17.9 Å². The Morgan fingerprint density at radius 3 is 2.47 bits per heavy atom. The standard InChI is InChI=1S/C13H18N2O3S/c14-10(8-9-4-2-1-3-5-9)12(16)15-11(6-7-19)13(17)18/h1-5,10-11,19H,6-8,14H2,(H,15,16)(H,17,18)/t10-,11-/m0/s1. The molecule has 0 unspecified atom stereocenters. The third kappa shape index (κ3) is 5.32. The molecule has 4 N–H and O–H groups in total. The van der Waals surface area contributed by atoms with Crippen LogP contribution in [-0.4, -0.2) is 34.8 Å². The Morgan fingerprint density at radius 2 is 1.95 bits per heavy atom. The molecule has 1 aromatic carbocycles. The molecule has 0 aliphatic rings. The molecule has 0 spiro atoms. The third-order valence-corrected chi connectivity index (χ3v) is 2.93. The maximum absolute atomic E-state index is 11.8. The normalized spacial score (nSPS) is 13.6. The molecule has 1 amide bonds. The molecule has 0 radical (unpaired) electrons. The smallest absolute Gasteiger partial charge is 0.326 e. The molecule has 0 heterocycles. The Hall–Kier alpha value is -1.53. The zero-order valence-electron chi connectivity index (χ0n) is 10.5. The molecule has 0 fully saturated rings. The lowest BCUT2D eigenvalue weighted by atomic mass is 10.1. The summed E-state index contributed by atoms with van der Waals surface area (Å²) in [6.07, 6.45) is 0.641. The monoisotopic (exact) mass is 282 g/mol. The number of nitrogens with two attached hydrogens (primary N) is 1. The summed E-state index contributed by atoms with van der Waals surface area (Å²) in [5, 5.41) is 11.4. The molecule has 104 valence electrons. The van der Waals surface area contributed by atoms with Crippen LogP contribution >= 0.6 is 12.6 Å². The number of nitrogens with one attached hydrogen (secondary N) is 1. The Kier molecular flexibility index (Phi) is 6.38. The maximum atomic E-state index is 11.8. The van der Waals surface area contributed by atoms with E-state index in [9.17, 15) is 9.59 Å². The minimum absolute atomic E-state index is 0.266. The van der Waals surface area contributed by atoms with Crippen molar-refractivity contribution in [2.24, 2.45) is 5.73 Å². The average molecular weight is 282 g/mol. The summed E-state index contributed by atoms with van der Waals surface area (Å²) in [6, 6.07) is 7.64. The number of hydrogen-bond acceptors (Lipinski definition) is 4. The quantitative estimate of drug-likeness (QED) is 0.546. The molecule has 0 bridgehead atoms. The van der Waals surface area contributed by atoms with Crippen LogP contribution in [0.3, 0.4) is 0 Å². The zero-order chi connectivity index (χ0) is 14.3. The van der Waals surface area contributed by atoms with Gasteiger partial charge in [-0.1, -0.05) is 30.3 Å². The number of aliphatic carboxylic acids is 1. The fraction of sp³-hybridized carbons (Fsp3) is 0.385. The van der Waals surface area contributed by atoms with Crippen molar-refractivity contribution in [1.82, 2.24) is 5.32 Å². The van der Waals surface area contributed by atoms with Gasteiger partial charge in [-0.05, 0) is 24.2 Å². The SMILES string of the molecule is N[C@@H](Cc1ccccc1)C(=O)N[C@@H](CCS)C(=O)O. The second kappa shape index (κ2) is 7.81. The number of carbonyl (C=O) groups is 2. The second-order valence-electron chi connectivity index (χ2n) is 4.21. The molecule has 6 heteroatoms. The van der Waals surface area contributed by atoms with Crippen LogP contribution in [-0.2, 0) is 16.0 Å². The van der Waals surface area contributed by atoms with Gasteiger partial charge in [-0.3, -0.25) is 4.79 Å². The molecule has 0 aliphatic carbocycles. The molecule has 2 atom stereocenters. The van der Waals surface area contributed by atoms with Gasteiger partial charge in [0.1, 0.15) is 6.04 Å². The van der Waals surface area contributed by atoms with Gasteiger partial charge in [0.2, 0.25) is 5.91 Å². The Balaban J connectivity index is 2.54. The number of thiol groups is 1. The summed E-state index contributed by atoms with van der Waals surface area (Å²) < 4.78 is 0. The number of carboxylic acid groups (broad SMARTS) is 1. The average Bonchev–Trinajstić information content (AvgIpc) is 2.39. The lowest BCUT2D eigenvalue weighted by molar-refractivity contribution is -0.142. The first-order valence-corrected chi connectivity index (χ1v) is 6.61. The molecule has 5 nitrogen and oxygen atoms in total. The number of rotatable bonds is 7. The molecule has 19 heavy (non-hydrogen) atoms. The molecule has 1 aromatic rings. The Bertz CT molecular complexity index is 425. The van der Waals surface area contributed by atoms with Crippen LogP contribution in [0.2, 0.25) is 0 Å². The Labute approximate surface area is 117 Å². The minimum Gasteiger partial charge on any atom is -0.480 e. The largest absolute Gasteiger partial charge is 0.480 e. The van der Waals surface area contributed by atoms with Crippen molar-refractivity contribution < 1.29 is 14.7 Å². The van der Waals surface area contributed by atoms with E-state index in [1.54, 1.807) is 0 Å². The highest BCUT2D eigenvalue weighted by atomic mass is 32.1. The topological polar surface area (TPSA) is 92.4 Å². The van der Waals surface area contributed by atoms with Crippen LogP contribution in [0.25, 0.3) is 0 Å². The summed E-state index contributed by atoms with van der Waals surface area (Å²) >= 11 is 3.96. The lowest BCUT2D eigenvalue weighted by Crippen LogP contribution is -2.49. The highest BCUT2D eigenvalue weighted by Crippen LogP contribution is 2.03. The van der Waals surface area contributed by atoms with Gasteiger partial charge >= 0.3 is 5.97 Å². The minimum atomic E-state index is -1.07. The predicted octanol–water partition coefficient (Wildman–Crippen LogP) is 0.446. The van der Waals surface area contributed by atoms with Crippen molar-refractivity contribution in [3.8, 4) is 0 Å². The van der Waals surface area contributed by atoms with Gasteiger partial charge in [-0.15, -0.1) is 0 Å². The first-order valence-electron chi connectivity index (χ1n) is 5.98. The third-order valence-electron chi connectivity index (χ3n) is 2.67. The van der Waals surface area contributed by atoms with Gasteiger partial charge in [0.15, 0.2) is 0 Å². The summed E-state index contributed by atoms with van der Waals surface area (Å²) in [4.78, 5) is 22.7. The van der Waals surface area contributed by atoms with Gasteiger partial charge in [0.25, 0.3) is 0 Å². The van der Waals surface area contributed by atoms with Gasteiger partial charge in [0.05, 0.1) is 6.04 Å². The number of carbonyl (C=O) groups excluding carboxylic acids is 1. The summed E-state index contributed by atoms with van der Waals surface area (Å²) in [7, 11) is 0. The first kappa shape index (κ1) is 15.5. The van der Waals surface area contributed by atoms with Gasteiger partial charge < -0.3 is 16.2 Å². The fourth-order valence-corrected chi connectivity index (χ4v) is 1.88. The molecule has 0 aliphatic heterocycles. The van der Waals surface area contributed by atoms with Gasteiger partial charge in [-0.2, -0.15) is 12.6 Å². The van der Waals surface area contributed by atoms with Crippen molar-refractivity contribution >= 4 is 24.5 Å². The van der Waals surface area contributed by atoms with Crippen molar-refractivity contribution in [1.29, 1.82) is 0 Å². The Morgan fingerprint density at radius 1 is 1.32 bits per heavy atom. The molecule has 0 saturated carbocycles. The van der Waals surface area contributed by atoms with Crippen LogP contribution in [0.15, 0.2) is 30.3 Å². The van der Waals surface area contributed by atoms with E-state index in [1.165, 1.54) is 0 Å². The van der Waals surface area contributed by atoms with E-state index in [-0.39, 0.29) is 6.42 Å². The summed E-state index contributed by atoms with van der Waals surface area (Å²) in [5.74, 6) is -1.15. The van der Waals surface area contributed by atoms with Crippen molar-refractivity contribution in [2.45, 2.75) is 24.9 Å². The van der Waals surface area contributed by atoms with E-state index < -0.39 is 24.0 Å². The molecule has 0 aromatic heterocycles. The fourth-order valence-electron chi connectivity index (χ4n) is 1.63. The molecular weight excluding hydrogens is 264 g/mol. The van der Waals surface area contributed by atoms with Crippen molar-refractivity contribution in [3.05, 3.63) is 35.9 Å². The van der Waals surface area contributed by atoms with E-state index in [0.29, 0.717) is 12.2 Å². The van der Waals surface area contributed by atoms with E-state index in [1.807, 2.05) is 30.3 Å². The summed E-state index contributed by atoms with van der Waals surface area (Å²) in [6.45, 7) is 0. The highest BCUT2D eigenvalue weighted by molar-refractivity contribution is 7.80. The van der Waals surface area contributed by atoms with Crippen LogP contribution in [0.5, 0.6) is 0 Å². The van der Waals surface area contributed by atoms with Crippen molar-refractivity contribution in [2.75, 3.05) is 5.75 Å². The van der Waals surface area contributed by atoms with Crippen molar-refractivity contribution in [3.63, 3.8) is 0 Å². The zero-order valence-corrected chi connectivity index (χ0v) is 11.3. The maximum Gasteiger partial charge on any atom is 0.326 e. The number of hydrogen-bond donors (Lipinski definition) is 4. The highest BCUT2D eigenvalue weighted by Gasteiger charge is 2.22. The van der Waals surface area contributed by atoms with E-state index >= 15 is 0 Å². The van der Waals surface area contributed by atoms with E-state index in [4.69, 9.17) is 10.8 Å². The van der Waals surface area contributed by atoms with Gasteiger partial charge in [0, 0.05) is 0 Å². The van der Waals surface area contributed by atoms with Crippen LogP contribution in [0, 0.1) is 0 Å². The molecule has 1 rings (SSSR count). The lowest BCUT2D eigenvalue weighted by Gasteiger charge is -2.17. The van der Waals surface area contributed by atoms with Crippen LogP contribution < -0.4 is 11.1 Å². The number of amides is 1. The van der Waals surface area contributed by atoms with Crippen LogP contribution in [0.4, 0.5) is 0 Å². The van der Waals surface area contributed by atoms with E-state index in [0.717, 1.165) is 5.56 Å². The molecule has 0 saturated heterocycles. The number of benzene rings is 1. The second-order valence-corrected chi connectivity index (χ2v) is 4.66. The number of carboxylic acids is 1. The summed E-state index contributed by atoms with van der Waals surface area (Å²) in [5.41, 5.74) is 6.71. The van der Waals surface area contributed by atoms with Crippen LogP contribution in [0.1, 0.15) is 12.0 Å². The van der Waals surface area contributed by atoms with Gasteiger partial charge in [-0.25, -0.2) is 4.79 Å². The molecular formula is C13H18N2O3S. The predicted molar refractivity (Wildman–Crippen MR) is 76.2 cm³/mol.